The van der Waals surface area contributed by atoms with Crippen LogP contribution in [0.4, 0.5) is 11.4 Å². The fourth-order valence-corrected chi connectivity index (χ4v) is 4.26. The lowest BCUT2D eigenvalue weighted by Crippen LogP contribution is -2.15. The van der Waals surface area contributed by atoms with Crippen molar-refractivity contribution in [1.29, 1.82) is 0 Å². The molecule has 27 heavy (non-hydrogen) atoms. The number of nitrogens with one attached hydrogen (secondary N) is 2. The maximum absolute atomic E-state index is 12.5. The van der Waals surface area contributed by atoms with Crippen LogP contribution in [0.3, 0.4) is 0 Å². The van der Waals surface area contributed by atoms with Crippen molar-refractivity contribution in [3.63, 3.8) is 0 Å². The minimum absolute atomic E-state index is 0.0645. The topological polar surface area (TPSA) is 75.3 Å². The van der Waals surface area contributed by atoms with Gasteiger partial charge in [-0.25, -0.2) is 8.42 Å². The molecule has 138 valence electrons. The molecule has 0 atom stereocenters. The standard InChI is InChI=1S/C19H14ClIN2O3S/c20-16-6-2-4-8-18(16)23-27(25,26)14-11-9-13(10-12-14)22-19(24)15-5-1-3-7-17(15)21/h1-12,23H,(H,22,24). The van der Waals surface area contributed by atoms with Crippen LogP contribution in [0.5, 0.6) is 0 Å². The minimum atomic E-state index is -3.79. The molecule has 3 rings (SSSR count). The smallest absolute Gasteiger partial charge is 0.261 e. The number of hydrogen-bond donors (Lipinski definition) is 2. The van der Waals surface area contributed by atoms with Crippen LogP contribution in [-0.2, 0) is 10.0 Å². The van der Waals surface area contributed by atoms with Gasteiger partial charge in [0.2, 0.25) is 0 Å². The van der Waals surface area contributed by atoms with E-state index in [0.717, 1.165) is 3.57 Å². The fourth-order valence-electron chi connectivity index (χ4n) is 2.31. The van der Waals surface area contributed by atoms with Gasteiger partial charge in [-0.1, -0.05) is 35.9 Å². The first-order valence-corrected chi connectivity index (χ1v) is 10.7. The van der Waals surface area contributed by atoms with Gasteiger partial charge in [0.05, 0.1) is 21.2 Å². The molecule has 3 aromatic carbocycles. The van der Waals surface area contributed by atoms with Gasteiger partial charge >= 0.3 is 0 Å². The molecule has 0 fully saturated rings. The van der Waals surface area contributed by atoms with Crippen molar-refractivity contribution >= 4 is 61.5 Å². The van der Waals surface area contributed by atoms with Crippen LogP contribution in [0.15, 0.2) is 77.7 Å². The van der Waals surface area contributed by atoms with Crippen molar-refractivity contribution in [2.24, 2.45) is 0 Å². The molecular weight excluding hydrogens is 499 g/mol. The Morgan fingerprint density at radius 2 is 1.52 bits per heavy atom. The summed E-state index contributed by atoms with van der Waals surface area (Å²) in [5.41, 5.74) is 1.35. The maximum atomic E-state index is 12.5. The molecule has 0 aliphatic heterocycles. The maximum Gasteiger partial charge on any atom is 0.261 e. The Morgan fingerprint density at radius 3 is 2.19 bits per heavy atom. The van der Waals surface area contributed by atoms with E-state index in [1.54, 1.807) is 36.4 Å². The molecule has 2 N–H and O–H groups in total. The lowest BCUT2D eigenvalue weighted by atomic mass is 10.2. The summed E-state index contributed by atoms with van der Waals surface area (Å²) in [6, 6.07) is 19.7. The normalized spacial score (nSPS) is 11.0. The number of anilines is 2. The van der Waals surface area contributed by atoms with Crippen LogP contribution < -0.4 is 10.0 Å². The summed E-state index contributed by atoms with van der Waals surface area (Å²) >= 11 is 8.08. The number of amides is 1. The van der Waals surface area contributed by atoms with Crippen molar-refractivity contribution in [2.45, 2.75) is 4.90 Å². The summed E-state index contributed by atoms with van der Waals surface area (Å²) < 4.78 is 28.3. The molecule has 0 aliphatic carbocycles. The Bertz CT molecular complexity index is 1090. The summed E-state index contributed by atoms with van der Waals surface area (Å²) in [5.74, 6) is -0.259. The number of carbonyl (C=O) groups excluding carboxylic acids is 1. The molecule has 5 nitrogen and oxygen atoms in total. The average molecular weight is 513 g/mol. The monoisotopic (exact) mass is 512 g/mol. The Kier molecular flexibility index (Phi) is 6.03. The van der Waals surface area contributed by atoms with E-state index < -0.39 is 10.0 Å². The van der Waals surface area contributed by atoms with E-state index in [1.807, 2.05) is 12.1 Å². The zero-order valence-electron chi connectivity index (χ0n) is 13.8. The molecule has 0 saturated carbocycles. The second-order valence-electron chi connectivity index (χ2n) is 5.54. The molecule has 0 heterocycles. The summed E-state index contributed by atoms with van der Waals surface area (Å²) in [5, 5.41) is 3.06. The number of halogens is 2. The average Bonchev–Trinajstić information content (AvgIpc) is 2.64. The van der Waals surface area contributed by atoms with Gasteiger partial charge in [-0.15, -0.1) is 0 Å². The molecule has 0 saturated heterocycles. The first kappa shape index (κ1) is 19.7. The lowest BCUT2D eigenvalue weighted by Gasteiger charge is -2.11. The largest absolute Gasteiger partial charge is 0.322 e. The van der Waals surface area contributed by atoms with Crippen molar-refractivity contribution in [3.8, 4) is 0 Å². The second kappa shape index (κ2) is 8.28. The van der Waals surface area contributed by atoms with E-state index >= 15 is 0 Å². The van der Waals surface area contributed by atoms with E-state index in [9.17, 15) is 13.2 Å². The van der Waals surface area contributed by atoms with Crippen LogP contribution in [0.1, 0.15) is 10.4 Å². The molecule has 3 aromatic rings. The number of hydrogen-bond acceptors (Lipinski definition) is 3. The Labute approximate surface area is 175 Å². The lowest BCUT2D eigenvalue weighted by molar-refractivity contribution is 0.102. The molecule has 0 aromatic heterocycles. The SMILES string of the molecule is O=C(Nc1ccc(S(=O)(=O)Nc2ccccc2Cl)cc1)c1ccccc1I. The highest BCUT2D eigenvalue weighted by atomic mass is 127. The van der Waals surface area contributed by atoms with Crippen molar-refractivity contribution in [3.05, 3.63) is 87.0 Å². The molecule has 0 unspecified atom stereocenters. The van der Waals surface area contributed by atoms with E-state index in [0.29, 0.717) is 22.0 Å². The number of sulfonamides is 1. The van der Waals surface area contributed by atoms with Gasteiger partial charge in [-0.3, -0.25) is 9.52 Å². The minimum Gasteiger partial charge on any atom is -0.322 e. The van der Waals surface area contributed by atoms with E-state index in [-0.39, 0.29) is 10.8 Å². The van der Waals surface area contributed by atoms with Gasteiger partial charge in [0.1, 0.15) is 0 Å². The third-order valence-electron chi connectivity index (χ3n) is 3.66. The highest BCUT2D eigenvalue weighted by Crippen LogP contribution is 2.24. The van der Waals surface area contributed by atoms with Crippen molar-refractivity contribution in [1.82, 2.24) is 0 Å². The molecule has 0 spiro atoms. The number of para-hydroxylation sites is 1. The zero-order valence-corrected chi connectivity index (χ0v) is 17.5. The van der Waals surface area contributed by atoms with Gasteiger partial charge in [0, 0.05) is 9.26 Å². The van der Waals surface area contributed by atoms with Gasteiger partial charge in [-0.05, 0) is 71.1 Å². The third-order valence-corrected chi connectivity index (χ3v) is 6.31. The van der Waals surface area contributed by atoms with Gasteiger partial charge in [0.15, 0.2) is 0 Å². The summed E-state index contributed by atoms with van der Waals surface area (Å²) in [7, 11) is -3.79. The van der Waals surface area contributed by atoms with Crippen LogP contribution in [0.2, 0.25) is 5.02 Å². The first-order valence-electron chi connectivity index (χ1n) is 7.80. The molecule has 0 aliphatic rings. The Hall–Kier alpha value is -2.10. The van der Waals surface area contributed by atoms with Crippen LogP contribution in [0.25, 0.3) is 0 Å². The number of benzene rings is 3. The highest BCUT2D eigenvalue weighted by Gasteiger charge is 2.16. The van der Waals surface area contributed by atoms with Gasteiger partial charge < -0.3 is 5.32 Å². The summed E-state index contributed by atoms with van der Waals surface area (Å²) in [4.78, 5) is 12.4. The fraction of sp³-hybridized carbons (Fsp3) is 0. The van der Waals surface area contributed by atoms with E-state index in [4.69, 9.17) is 11.6 Å². The van der Waals surface area contributed by atoms with E-state index in [2.05, 4.69) is 32.6 Å². The molecule has 0 radical (unpaired) electrons. The number of rotatable bonds is 5. The predicted molar refractivity (Wildman–Crippen MR) is 116 cm³/mol. The zero-order chi connectivity index (χ0) is 19.4. The van der Waals surface area contributed by atoms with Crippen molar-refractivity contribution in [2.75, 3.05) is 10.0 Å². The molecular formula is C19H14ClIN2O3S. The van der Waals surface area contributed by atoms with Crippen molar-refractivity contribution < 1.29 is 13.2 Å². The van der Waals surface area contributed by atoms with E-state index in [1.165, 1.54) is 24.3 Å². The molecule has 8 heteroatoms. The summed E-state index contributed by atoms with van der Waals surface area (Å²) in [6.07, 6.45) is 0. The second-order valence-corrected chi connectivity index (χ2v) is 8.80. The van der Waals surface area contributed by atoms with Gasteiger partial charge in [0.25, 0.3) is 15.9 Å². The predicted octanol–water partition coefficient (Wildman–Crippen LogP) is 5.00. The Morgan fingerprint density at radius 1 is 0.889 bits per heavy atom. The molecule has 0 bridgehead atoms. The first-order chi connectivity index (χ1) is 12.9. The number of carbonyl (C=O) groups is 1. The summed E-state index contributed by atoms with van der Waals surface area (Å²) in [6.45, 7) is 0. The van der Waals surface area contributed by atoms with Gasteiger partial charge in [-0.2, -0.15) is 0 Å². The van der Waals surface area contributed by atoms with Crippen LogP contribution in [0, 0.1) is 3.57 Å². The molecule has 1 amide bonds. The van der Waals surface area contributed by atoms with Crippen LogP contribution in [-0.4, -0.2) is 14.3 Å². The third kappa shape index (κ3) is 4.79. The highest BCUT2D eigenvalue weighted by molar-refractivity contribution is 14.1. The van der Waals surface area contributed by atoms with Crippen LogP contribution >= 0.6 is 34.2 Å². The quantitative estimate of drug-likeness (QED) is 0.473. The Balaban J connectivity index is 1.76.